The highest BCUT2D eigenvalue weighted by atomic mass is 16.5. The first-order valence-electron chi connectivity index (χ1n) is 6.49. The van der Waals surface area contributed by atoms with E-state index in [2.05, 4.69) is 29.0 Å². The Balaban J connectivity index is 2.31. The number of carbonyl (C=O) groups is 1. The lowest BCUT2D eigenvalue weighted by molar-refractivity contribution is -0.138. The third-order valence-corrected chi connectivity index (χ3v) is 3.32. The minimum absolute atomic E-state index is 0.0162. The molecular formula is C12H25N3O2. The average molecular weight is 243 g/mol. The minimum Gasteiger partial charge on any atom is -0.366 e. The van der Waals surface area contributed by atoms with Crippen molar-refractivity contribution in [1.29, 1.82) is 0 Å². The van der Waals surface area contributed by atoms with Crippen LogP contribution in [-0.4, -0.2) is 74.7 Å². The van der Waals surface area contributed by atoms with Crippen molar-refractivity contribution in [2.75, 3.05) is 52.9 Å². The van der Waals surface area contributed by atoms with Crippen LogP contribution >= 0.6 is 0 Å². The number of likely N-dealkylation sites (N-methyl/N-ethyl adjacent to an activating group) is 2. The second-order valence-corrected chi connectivity index (χ2v) is 4.30. The Kier molecular flexibility index (Phi) is 6.47. The van der Waals surface area contributed by atoms with Gasteiger partial charge in [-0.1, -0.05) is 13.8 Å². The summed E-state index contributed by atoms with van der Waals surface area (Å²) >= 11 is 0. The van der Waals surface area contributed by atoms with Gasteiger partial charge in [-0.25, -0.2) is 0 Å². The number of morpholine rings is 1. The molecule has 1 rings (SSSR count). The topological polar surface area (TPSA) is 44.8 Å². The molecule has 1 fully saturated rings. The summed E-state index contributed by atoms with van der Waals surface area (Å²) in [6.45, 7) is 10.9. The van der Waals surface area contributed by atoms with Crippen LogP contribution in [0.4, 0.5) is 0 Å². The molecule has 0 spiro atoms. The number of hydrogen-bond acceptors (Lipinski definition) is 4. The molecule has 5 nitrogen and oxygen atoms in total. The largest absolute Gasteiger partial charge is 0.366 e. The Morgan fingerprint density at radius 1 is 1.47 bits per heavy atom. The Morgan fingerprint density at radius 2 is 2.18 bits per heavy atom. The molecule has 0 saturated carbocycles. The van der Waals surface area contributed by atoms with Gasteiger partial charge in [-0.15, -0.1) is 0 Å². The standard InChI is InChI=1S/C12H25N3O2/c1-4-14(5-2)6-7-15-8-9-17-11(10-15)12(16)13-3/h11H,4-10H2,1-3H3,(H,13,16). The highest BCUT2D eigenvalue weighted by molar-refractivity contribution is 5.80. The van der Waals surface area contributed by atoms with E-state index in [0.29, 0.717) is 13.2 Å². The van der Waals surface area contributed by atoms with Crippen molar-refractivity contribution >= 4 is 5.91 Å². The molecule has 0 bridgehead atoms. The second kappa shape index (κ2) is 7.63. The molecule has 1 atom stereocenters. The lowest BCUT2D eigenvalue weighted by atomic mass is 10.2. The Hall–Kier alpha value is -0.650. The van der Waals surface area contributed by atoms with Crippen LogP contribution < -0.4 is 5.32 Å². The van der Waals surface area contributed by atoms with Gasteiger partial charge in [0.15, 0.2) is 0 Å². The molecule has 100 valence electrons. The zero-order chi connectivity index (χ0) is 12.7. The summed E-state index contributed by atoms with van der Waals surface area (Å²) in [7, 11) is 1.65. The third kappa shape index (κ3) is 4.61. The second-order valence-electron chi connectivity index (χ2n) is 4.30. The molecular weight excluding hydrogens is 218 g/mol. The van der Waals surface area contributed by atoms with Crippen molar-refractivity contribution in [2.24, 2.45) is 0 Å². The van der Waals surface area contributed by atoms with Gasteiger partial charge < -0.3 is 15.0 Å². The summed E-state index contributed by atoms with van der Waals surface area (Å²) < 4.78 is 5.45. The molecule has 1 N–H and O–H groups in total. The Bertz CT molecular complexity index is 232. The number of hydrogen-bond donors (Lipinski definition) is 1. The maximum atomic E-state index is 11.5. The van der Waals surface area contributed by atoms with E-state index in [-0.39, 0.29) is 12.0 Å². The lowest BCUT2D eigenvalue weighted by Gasteiger charge is -2.33. The number of ether oxygens (including phenoxy) is 1. The molecule has 0 aromatic rings. The van der Waals surface area contributed by atoms with E-state index in [4.69, 9.17) is 4.74 Å². The van der Waals surface area contributed by atoms with Crippen molar-refractivity contribution in [3.8, 4) is 0 Å². The van der Waals surface area contributed by atoms with Crippen molar-refractivity contribution in [3.05, 3.63) is 0 Å². The molecule has 17 heavy (non-hydrogen) atoms. The van der Waals surface area contributed by atoms with Crippen LogP contribution in [0, 0.1) is 0 Å². The smallest absolute Gasteiger partial charge is 0.250 e. The fourth-order valence-corrected chi connectivity index (χ4v) is 2.05. The van der Waals surface area contributed by atoms with Crippen molar-refractivity contribution in [3.63, 3.8) is 0 Å². The van der Waals surface area contributed by atoms with E-state index >= 15 is 0 Å². The number of amides is 1. The summed E-state index contributed by atoms with van der Waals surface area (Å²) in [6.07, 6.45) is -0.301. The number of rotatable bonds is 6. The molecule has 1 amide bonds. The molecule has 1 unspecified atom stereocenters. The zero-order valence-electron chi connectivity index (χ0n) is 11.2. The van der Waals surface area contributed by atoms with Crippen LogP contribution in [0.5, 0.6) is 0 Å². The lowest BCUT2D eigenvalue weighted by Crippen LogP contribution is -2.50. The van der Waals surface area contributed by atoms with Gasteiger partial charge in [-0.2, -0.15) is 0 Å². The summed E-state index contributed by atoms with van der Waals surface area (Å²) in [5.41, 5.74) is 0. The molecule has 0 aromatic heterocycles. The average Bonchev–Trinajstić information content (AvgIpc) is 2.39. The van der Waals surface area contributed by atoms with Crippen LogP contribution in [0.25, 0.3) is 0 Å². The molecule has 1 aliphatic heterocycles. The van der Waals surface area contributed by atoms with Gasteiger partial charge in [0.25, 0.3) is 0 Å². The van der Waals surface area contributed by atoms with E-state index in [1.807, 2.05) is 0 Å². The summed E-state index contributed by atoms with van der Waals surface area (Å²) in [6, 6.07) is 0. The van der Waals surface area contributed by atoms with Gasteiger partial charge in [0.2, 0.25) is 5.91 Å². The van der Waals surface area contributed by atoms with Gasteiger partial charge in [0.1, 0.15) is 6.10 Å². The van der Waals surface area contributed by atoms with E-state index in [1.165, 1.54) is 0 Å². The van der Waals surface area contributed by atoms with Gasteiger partial charge in [-0.05, 0) is 13.1 Å². The van der Waals surface area contributed by atoms with Crippen LogP contribution in [-0.2, 0) is 9.53 Å². The maximum Gasteiger partial charge on any atom is 0.250 e. The van der Waals surface area contributed by atoms with Crippen molar-refractivity contribution < 1.29 is 9.53 Å². The first-order valence-corrected chi connectivity index (χ1v) is 6.49. The molecule has 1 heterocycles. The van der Waals surface area contributed by atoms with Crippen LogP contribution in [0.2, 0.25) is 0 Å². The predicted octanol–water partition coefficient (Wildman–Crippen LogP) is -0.225. The summed E-state index contributed by atoms with van der Waals surface area (Å²) in [5.74, 6) is -0.0162. The molecule has 0 radical (unpaired) electrons. The molecule has 1 saturated heterocycles. The molecule has 5 heteroatoms. The zero-order valence-corrected chi connectivity index (χ0v) is 11.2. The van der Waals surface area contributed by atoms with E-state index in [9.17, 15) is 4.79 Å². The monoisotopic (exact) mass is 243 g/mol. The number of nitrogens with one attached hydrogen (secondary N) is 1. The number of nitrogens with zero attached hydrogens (tertiary/aromatic N) is 2. The van der Waals surface area contributed by atoms with E-state index in [0.717, 1.165) is 32.7 Å². The first-order chi connectivity index (χ1) is 8.21. The van der Waals surface area contributed by atoms with Crippen molar-refractivity contribution in [2.45, 2.75) is 20.0 Å². The molecule has 1 aliphatic rings. The first kappa shape index (κ1) is 14.4. The minimum atomic E-state index is -0.301. The van der Waals surface area contributed by atoms with Gasteiger partial charge in [0.05, 0.1) is 6.61 Å². The molecule has 0 aliphatic carbocycles. The van der Waals surface area contributed by atoms with Gasteiger partial charge in [-0.3, -0.25) is 9.69 Å². The highest BCUT2D eigenvalue weighted by Gasteiger charge is 2.25. The fraction of sp³-hybridized carbons (Fsp3) is 0.917. The highest BCUT2D eigenvalue weighted by Crippen LogP contribution is 2.05. The summed E-state index contributed by atoms with van der Waals surface area (Å²) in [5, 5.41) is 2.64. The fourth-order valence-electron chi connectivity index (χ4n) is 2.05. The van der Waals surface area contributed by atoms with Crippen LogP contribution in [0.15, 0.2) is 0 Å². The Morgan fingerprint density at radius 3 is 2.76 bits per heavy atom. The van der Waals surface area contributed by atoms with E-state index < -0.39 is 0 Å². The molecule has 0 aromatic carbocycles. The predicted molar refractivity (Wildman–Crippen MR) is 68.0 cm³/mol. The van der Waals surface area contributed by atoms with Crippen LogP contribution in [0.1, 0.15) is 13.8 Å². The third-order valence-electron chi connectivity index (χ3n) is 3.32. The van der Waals surface area contributed by atoms with Crippen LogP contribution in [0.3, 0.4) is 0 Å². The van der Waals surface area contributed by atoms with Crippen molar-refractivity contribution in [1.82, 2.24) is 15.1 Å². The SMILES string of the molecule is CCN(CC)CCN1CCOC(C(=O)NC)C1. The normalized spacial score (nSPS) is 21.8. The van der Waals surface area contributed by atoms with Gasteiger partial charge in [0, 0.05) is 33.2 Å². The van der Waals surface area contributed by atoms with E-state index in [1.54, 1.807) is 7.05 Å². The maximum absolute atomic E-state index is 11.5. The summed E-state index contributed by atoms with van der Waals surface area (Å²) in [4.78, 5) is 16.2. The Labute approximate surface area is 104 Å². The number of carbonyl (C=O) groups excluding carboxylic acids is 1. The quantitative estimate of drug-likeness (QED) is 0.700. The van der Waals surface area contributed by atoms with Gasteiger partial charge >= 0.3 is 0 Å².